The number of ether oxygens (including phenoxy) is 3. The van der Waals surface area contributed by atoms with Gasteiger partial charge in [-0.05, 0) is 94.3 Å². The Hall–Kier alpha value is -3.52. The predicted octanol–water partition coefficient (Wildman–Crippen LogP) is 4.53. The molecule has 0 amide bonds. The molecule has 0 radical (unpaired) electrons. The normalized spacial score (nSPS) is 37.6. The van der Waals surface area contributed by atoms with Crippen LogP contribution in [0.4, 0.5) is 0 Å². The van der Waals surface area contributed by atoms with Gasteiger partial charge in [0.2, 0.25) is 0 Å². The summed E-state index contributed by atoms with van der Waals surface area (Å²) in [6.45, 7) is 12.9. The van der Waals surface area contributed by atoms with Crippen molar-refractivity contribution >= 4 is 23.7 Å². The molecule has 5 N–H and O–H groups in total. The van der Waals surface area contributed by atoms with Crippen LogP contribution in [-0.4, -0.2) is 92.1 Å². The number of esters is 2. The number of carboxylic acid groups (broad SMARTS) is 1. The summed E-state index contributed by atoms with van der Waals surface area (Å²) in [5.74, 6) is -6.53. The van der Waals surface area contributed by atoms with Crippen molar-refractivity contribution in [2.24, 2.45) is 47.3 Å². The van der Waals surface area contributed by atoms with Crippen LogP contribution in [0.15, 0.2) is 70.4 Å². The van der Waals surface area contributed by atoms with Crippen LogP contribution in [0.2, 0.25) is 0 Å². The molecule has 0 unspecified atom stereocenters. The average Bonchev–Trinajstić information content (AvgIpc) is 3.30. The van der Waals surface area contributed by atoms with Gasteiger partial charge in [-0.15, -0.1) is 0 Å². The molecule has 2 aliphatic heterocycles. The van der Waals surface area contributed by atoms with E-state index in [4.69, 9.17) is 14.2 Å². The van der Waals surface area contributed by atoms with Crippen LogP contribution >= 0.6 is 0 Å². The Kier molecular flexibility index (Phi) is 13.7. The lowest BCUT2D eigenvalue weighted by molar-refractivity contribution is -0.274. The molecule has 3 fully saturated rings. The molecule has 302 valence electrons. The zero-order valence-corrected chi connectivity index (χ0v) is 32.8. The molecule has 2 heterocycles. The SMILES string of the molecule is CC1=C[C@@H]2[C@@H](CC[C@H](C)[C@H]2O[C@H]2O[C@@H](C)[C@H](O)C(=O)[C@@H]2O)[C@H]2C(=O)OC(=O)C=C3C[C@H](O)[C@H](C)C3=C2[C@H]1/C=C/C=C/C=C(\C)C[C@H](C)C[C@H](O)[C@H](C)C(=O)O. The van der Waals surface area contributed by atoms with Gasteiger partial charge in [-0.3, -0.25) is 14.4 Å². The van der Waals surface area contributed by atoms with Crippen LogP contribution in [0.25, 0.3) is 0 Å². The first kappa shape index (κ1) is 42.6. The van der Waals surface area contributed by atoms with Gasteiger partial charge >= 0.3 is 17.9 Å². The van der Waals surface area contributed by atoms with Crippen molar-refractivity contribution in [1.82, 2.24) is 0 Å². The summed E-state index contributed by atoms with van der Waals surface area (Å²) in [5.41, 5.74) is 4.19. The zero-order chi connectivity index (χ0) is 40.5. The van der Waals surface area contributed by atoms with Crippen LogP contribution in [-0.2, 0) is 33.4 Å². The van der Waals surface area contributed by atoms with E-state index >= 15 is 0 Å². The number of aliphatic hydroxyl groups excluding tert-OH is 4. The van der Waals surface area contributed by atoms with E-state index < -0.39 is 90.3 Å². The number of carboxylic acids is 1. The van der Waals surface area contributed by atoms with E-state index in [-0.39, 0.29) is 30.1 Å². The maximum absolute atomic E-state index is 14.2. The number of carbonyl (C=O) groups is 4. The van der Waals surface area contributed by atoms with Gasteiger partial charge in [0.15, 0.2) is 18.2 Å². The van der Waals surface area contributed by atoms with Gasteiger partial charge < -0.3 is 39.7 Å². The van der Waals surface area contributed by atoms with E-state index in [1.807, 2.05) is 65.0 Å². The monoisotopic (exact) mass is 766 g/mol. The molecule has 0 bridgehead atoms. The number of Topliss-reactive ketones (excluding diaryl/α,β-unsaturated/α-hetero) is 1. The third kappa shape index (κ3) is 9.21. The number of carbonyl (C=O) groups excluding carboxylic acids is 3. The molecule has 5 aliphatic rings. The topological polar surface area (TPSA) is 197 Å². The number of allylic oxidation sites excluding steroid dienone is 7. The third-order valence-corrected chi connectivity index (χ3v) is 12.4. The number of aliphatic carboxylic acids is 1. The van der Waals surface area contributed by atoms with Gasteiger partial charge in [0.25, 0.3) is 0 Å². The highest BCUT2D eigenvalue weighted by molar-refractivity contribution is 5.96. The van der Waals surface area contributed by atoms with Crippen molar-refractivity contribution in [2.75, 3.05) is 0 Å². The molecule has 15 atom stereocenters. The maximum atomic E-state index is 14.2. The molecule has 0 spiro atoms. The van der Waals surface area contributed by atoms with Crippen LogP contribution in [0.3, 0.4) is 0 Å². The Bertz CT molecular complexity index is 1680. The van der Waals surface area contributed by atoms with E-state index in [2.05, 4.69) is 6.08 Å². The minimum absolute atomic E-state index is 0.0695. The zero-order valence-electron chi connectivity index (χ0n) is 32.8. The van der Waals surface area contributed by atoms with Crippen molar-refractivity contribution in [2.45, 2.75) is 123 Å². The van der Waals surface area contributed by atoms with E-state index in [1.165, 1.54) is 19.9 Å². The summed E-state index contributed by atoms with van der Waals surface area (Å²) >= 11 is 0. The fourth-order valence-corrected chi connectivity index (χ4v) is 9.26. The van der Waals surface area contributed by atoms with Crippen LogP contribution in [0.1, 0.15) is 80.6 Å². The molecule has 55 heavy (non-hydrogen) atoms. The first-order valence-corrected chi connectivity index (χ1v) is 19.6. The van der Waals surface area contributed by atoms with Gasteiger partial charge in [-0.2, -0.15) is 0 Å². The minimum Gasteiger partial charge on any atom is -0.481 e. The second kappa shape index (κ2) is 17.7. The molecule has 12 nitrogen and oxygen atoms in total. The molecule has 1 saturated heterocycles. The quantitative estimate of drug-likeness (QED) is 0.0855. The number of aliphatic hydroxyl groups is 4. The van der Waals surface area contributed by atoms with Crippen molar-refractivity contribution in [3.8, 4) is 0 Å². The van der Waals surface area contributed by atoms with E-state index in [9.17, 15) is 44.7 Å². The van der Waals surface area contributed by atoms with E-state index in [0.29, 0.717) is 31.3 Å². The van der Waals surface area contributed by atoms with Crippen molar-refractivity contribution in [3.05, 3.63) is 70.4 Å². The number of rotatable bonds is 11. The lowest BCUT2D eigenvalue weighted by atomic mass is 9.65. The number of ketones is 1. The molecular weight excluding hydrogens is 708 g/mol. The van der Waals surface area contributed by atoms with Gasteiger partial charge in [0.05, 0.1) is 36.3 Å². The number of cyclic esters (lactones) is 2. The predicted molar refractivity (Wildman–Crippen MR) is 202 cm³/mol. The summed E-state index contributed by atoms with van der Waals surface area (Å²) in [7, 11) is 0. The highest BCUT2D eigenvalue weighted by Crippen LogP contribution is 2.53. The molecule has 0 aromatic heterocycles. The second-order valence-corrected chi connectivity index (χ2v) is 16.6. The molecule has 5 rings (SSSR count). The number of hydrogen-bond acceptors (Lipinski definition) is 11. The smallest absolute Gasteiger partial charge is 0.338 e. The van der Waals surface area contributed by atoms with Crippen molar-refractivity contribution in [1.29, 1.82) is 0 Å². The molecule has 12 heteroatoms. The maximum Gasteiger partial charge on any atom is 0.338 e. The van der Waals surface area contributed by atoms with E-state index in [1.54, 1.807) is 0 Å². The molecule has 0 aromatic carbocycles. The molecule has 0 aromatic rings. The molecular formula is C43H58O12. The number of hydrogen-bond donors (Lipinski definition) is 5. The summed E-state index contributed by atoms with van der Waals surface area (Å²) in [5, 5.41) is 51.6. The Morgan fingerprint density at radius 2 is 1.75 bits per heavy atom. The fourth-order valence-electron chi connectivity index (χ4n) is 9.26. The summed E-state index contributed by atoms with van der Waals surface area (Å²) in [4.78, 5) is 51.2. The minimum atomic E-state index is -1.69. The standard InChI is InChI=1S/C43H58O12/c1-20(15-21(2)16-31(44)25(6)41(50)51)11-9-8-10-12-28-23(4)17-30-29(14-13-22(3)40(30)55-43-39(49)38(48)37(47)26(7)53-43)36-35(28)34-24(5)32(45)18-27(34)19-33(46)54-42(36)52/h8-12,17,19,21-22,24-26,28-32,36-37,39-40,43-45,47,49H,13-16,18H2,1-7H3,(H,50,51)/b9-8+,12-10+,20-11+,27-19?,35-34?/t21-,22-,24-,25-,26-,28-,29+,30+,31-,32-,36+,37-,39-,40+,43+/m0/s1. The highest BCUT2D eigenvalue weighted by Gasteiger charge is 2.53. The average molecular weight is 767 g/mol. The second-order valence-electron chi connectivity index (χ2n) is 16.6. The fraction of sp³-hybridized carbons (Fsp3) is 0.628. The Morgan fingerprint density at radius 3 is 2.44 bits per heavy atom. The van der Waals surface area contributed by atoms with Crippen LogP contribution in [0, 0.1) is 47.3 Å². The Morgan fingerprint density at radius 1 is 1.04 bits per heavy atom. The molecule has 2 saturated carbocycles. The summed E-state index contributed by atoms with van der Waals surface area (Å²) in [6.07, 6.45) is 7.94. The largest absolute Gasteiger partial charge is 0.481 e. The van der Waals surface area contributed by atoms with Crippen molar-refractivity contribution < 1.29 is 58.9 Å². The lowest BCUT2D eigenvalue weighted by Gasteiger charge is -2.45. The Balaban J connectivity index is 1.51. The Labute approximate surface area is 323 Å². The number of fused-ring (bicyclic) bond motifs is 4. The van der Waals surface area contributed by atoms with Crippen LogP contribution < -0.4 is 0 Å². The highest BCUT2D eigenvalue weighted by atomic mass is 16.7. The van der Waals surface area contributed by atoms with Crippen LogP contribution in [0.5, 0.6) is 0 Å². The van der Waals surface area contributed by atoms with Gasteiger partial charge in [-0.25, -0.2) is 4.79 Å². The van der Waals surface area contributed by atoms with E-state index in [0.717, 1.165) is 22.3 Å². The van der Waals surface area contributed by atoms with Crippen molar-refractivity contribution in [3.63, 3.8) is 0 Å². The first-order chi connectivity index (χ1) is 25.9. The van der Waals surface area contributed by atoms with Gasteiger partial charge in [-0.1, -0.05) is 68.4 Å². The summed E-state index contributed by atoms with van der Waals surface area (Å²) in [6, 6.07) is 0. The lowest BCUT2D eigenvalue weighted by Crippen LogP contribution is -2.57. The van der Waals surface area contributed by atoms with Gasteiger partial charge in [0, 0.05) is 23.8 Å². The molecule has 3 aliphatic carbocycles. The third-order valence-electron chi connectivity index (χ3n) is 12.4. The van der Waals surface area contributed by atoms with Gasteiger partial charge in [0.1, 0.15) is 6.10 Å². The summed E-state index contributed by atoms with van der Waals surface area (Å²) < 4.78 is 17.8. The first-order valence-electron chi connectivity index (χ1n) is 19.6.